The van der Waals surface area contributed by atoms with Crippen LogP contribution in [0.2, 0.25) is 0 Å². The van der Waals surface area contributed by atoms with Crippen LogP contribution < -0.4 is 4.74 Å². The van der Waals surface area contributed by atoms with Crippen molar-refractivity contribution in [2.45, 2.75) is 39.4 Å². The molecule has 0 saturated heterocycles. The van der Waals surface area contributed by atoms with Crippen LogP contribution in [0, 0.1) is 6.92 Å². The molecule has 0 amide bonds. The Balaban J connectivity index is 2.89. The van der Waals surface area contributed by atoms with Gasteiger partial charge in [-0.1, -0.05) is 32.9 Å². The van der Waals surface area contributed by atoms with Gasteiger partial charge in [-0.3, -0.25) is 0 Å². The largest absolute Gasteiger partial charge is 0.488 e. The van der Waals surface area contributed by atoms with E-state index < -0.39 is 0 Å². The zero-order chi connectivity index (χ0) is 13.8. The minimum Gasteiger partial charge on any atom is -0.488 e. The quantitative estimate of drug-likeness (QED) is 0.753. The Hall–Kier alpha value is -1.06. The summed E-state index contributed by atoms with van der Waals surface area (Å²) in [4.78, 5) is 0. The molecule has 0 N–H and O–H groups in total. The lowest BCUT2D eigenvalue weighted by molar-refractivity contribution is -0.122. The Kier molecular flexibility index (Phi) is 5.17. The maximum Gasteiger partial charge on any atom is 0.191 e. The van der Waals surface area contributed by atoms with Gasteiger partial charge in [-0.2, -0.15) is 0 Å². The molecule has 0 bridgehead atoms. The lowest BCUT2D eigenvalue weighted by atomic mass is 9.86. The van der Waals surface area contributed by atoms with Crippen molar-refractivity contribution in [2.75, 3.05) is 20.8 Å². The highest BCUT2D eigenvalue weighted by molar-refractivity contribution is 5.41. The second-order valence-corrected chi connectivity index (χ2v) is 5.46. The fraction of sp³-hybridized carbons (Fsp3) is 0.600. The van der Waals surface area contributed by atoms with E-state index >= 15 is 0 Å². The maximum absolute atomic E-state index is 5.84. The molecule has 1 aromatic carbocycles. The predicted octanol–water partition coefficient (Wildman–Crippen LogP) is 3.29. The van der Waals surface area contributed by atoms with E-state index in [9.17, 15) is 0 Å². The number of benzene rings is 1. The molecule has 0 aliphatic carbocycles. The standard InChI is InChI=1S/C15H24O3/c1-11-7-8-12(15(2,3)4)13(9-11)18-10-14(16-5)17-6/h7-9,14H,10H2,1-6H3. The second-order valence-electron chi connectivity index (χ2n) is 5.46. The molecule has 1 rings (SSSR count). The first-order valence-corrected chi connectivity index (χ1v) is 6.18. The number of rotatable bonds is 5. The van der Waals surface area contributed by atoms with E-state index in [0.717, 1.165) is 5.75 Å². The van der Waals surface area contributed by atoms with Crippen molar-refractivity contribution in [1.82, 2.24) is 0 Å². The first-order chi connectivity index (χ1) is 8.38. The Morgan fingerprint density at radius 2 is 1.72 bits per heavy atom. The molecule has 0 aliphatic rings. The summed E-state index contributed by atoms with van der Waals surface area (Å²) in [5.41, 5.74) is 2.43. The Morgan fingerprint density at radius 3 is 2.22 bits per heavy atom. The van der Waals surface area contributed by atoms with E-state index in [1.54, 1.807) is 14.2 Å². The van der Waals surface area contributed by atoms with Gasteiger partial charge in [0.2, 0.25) is 0 Å². The van der Waals surface area contributed by atoms with Crippen LogP contribution in [0.25, 0.3) is 0 Å². The van der Waals surface area contributed by atoms with Crippen LogP contribution in [0.1, 0.15) is 31.9 Å². The average molecular weight is 252 g/mol. The highest BCUT2D eigenvalue weighted by Crippen LogP contribution is 2.32. The average Bonchev–Trinajstić information content (AvgIpc) is 2.28. The molecule has 0 aromatic heterocycles. The minimum atomic E-state index is -0.335. The van der Waals surface area contributed by atoms with Crippen LogP contribution in [-0.2, 0) is 14.9 Å². The van der Waals surface area contributed by atoms with Crippen molar-refractivity contribution in [3.8, 4) is 5.75 Å². The molecule has 3 heteroatoms. The number of hydrogen-bond acceptors (Lipinski definition) is 3. The molecule has 0 radical (unpaired) electrons. The highest BCUT2D eigenvalue weighted by atomic mass is 16.7. The molecule has 0 spiro atoms. The van der Waals surface area contributed by atoms with Crippen LogP contribution >= 0.6 is 0 Å². The molecule has 0 saturated carbocycles. The summed E-state index contributed by atoms with van der Waals surface area (Å²) in [7, 11) is 3.22. The SMILES string of the molecule is COC(COc1cc(C)ccc1C(C)(C)C)OC. The van der Waals surface area contributed by atoms with Gasteiger partial charge < -0.3 is 14.2 Å². The summed E-state index contributed by atoms with van der Waals surface area (Å²) in [6.07, 6.45) is -0.335. The van der Waals surface area contributed by atoms with E-state index in [1.807, 2.05) is 0 Å². The lowest BCUT2D eigenvalue weighted by Crippen LogP contribution is -2.23. The van der Waals surface area contributed by atoms with E-state index in [0.29, 0.717) is 6.61 Å². The van der Waals surface area contributed by atoms with Crippen LogP contribution in [0.4, 0.5) is 0 Å². The third-order valence-corrected chi connectivity index (χ3v) is 2.85. The number of aryl methyl sites for hydroxylation is 1. The van der Waals surface area contributed by atoms with Gasteiger partial charge in [0.1, 0.15) is 12.4 Å². The second kappa shape index (κ2) is 6.21. The number of ether oxygens (including phenoxy) is 3. The number of methoxy groups -OCH3 is 2. The molecule has 0 aliphatic heterocycles. The molecular weight excluding hydrogens is 228 g/mol. The maximum atomic E-state index is 5.84. The molecule has 0 fully saturated rings. The third-order valence-electron chi connectivity index (χ3n) is 2.85. The van der Waals surface area contributed by atoms with Gasteiger partial charge in [0.15, 0.2) is 6.29 Å². The fourth-order valence-electron chi connectivity index (χ4n) is 1.76. The number of hydrogen-bond donors (Lipinski definition) is 0. The van der Waals surface area contributed by atoms with Crippen LogP contribution in [0.3, 0.4) is 0 Å². The van der Waals surface area contributed by atoms with Gasteiger partial charge in [-0.15, -0.1) is 0 Å². The first-order valence-electron chi connectivity index (χ1n) is 6.18. The molecule has 0 unspecified atom stereocenters. The smallest absolute Gasteiger partial charge is 0.191 e. The molecule has 0 atom stereocenters. The molecule has 1 aromatic rings. The van der Waals surface area contributed by atoms with Gasteiger partial charge in [0.25, 0.3) is 0 Å². The highest BCUT2D eigenvalue weighted by Gasteiger charge is 2.19. The van der Waals surface area contributed by atoms with Crippen LogP contribution in [0.15, 0.2) is 18.2 Å². The minimum absolute atomic E-state index is 0.0542. The van der Waals surface area contributed by atoms with E-state index in [-0.39, 0.29) is 11.7 Å². The molecule has 0 heterocycles. The zero-order valence-corrected chi connectivity index (χ0v) is 12.2. The predicted molar refractivity (Wildman–Crippen MR) is 73.2 cm³/mol. The van der Waals surface area contributed by atoms with E-state index in [1.165, 1.54) is 11.1 Å². The summed E-state index contributed by atoms with van der Waals surface area (Å²) in [5, 5.41) is 0. The normalized spacial score (nSPS) is 11.9. The van der Waals surface area contributed by atoms with Gasteiger partial charge >= 0.3 is 0 Å². The van der Waals surface area contributed by atoms with Crippen molar-refractivity contribution in [3.63, 3.8) is 0 Å². The lowest BCUT2D eigenvalue weighted by Gasteiger charge is -2.24. The van der Waals surface area contributed by atoms with Gasteiger partial charge in [-0.05, 0) is 29.5 Å². The van der Waals surface area contributed by atoms with Crippen molar-refractivity contribution < 1.29 is 14.2 Å². The monoisotopic (exact) mass is 252 g/mol. The van der Waals surface area contributed by atoms with Gasteiger partial charge in [0.05, 0.1) is 0 Å². The molecular formula is C15H24O3. The summed E-state index contributed by atoms with van der Waals surface area (Å²) in [6, 6.07) is 6.29. The van der Waals surface area contributed by atoms with Gasteiger partial charge in [0, 0.05) is 14.2 Å². The van der Waals surface area contributed by atoms with Gasteiger partial charge in [-0.25, -0.2) is 0 Å². The van der Waals surface area contributed by atoms with Crippen molar-refractivity contribution >= 4 is 0 Å². The van der Waals surface area contributed by atoms with Crippen molar-refractivity contribution in [3.05, 3.63) is 29.3 Å². The Bertz CT molecular complexity index is 376. The van der Waals surface area contributed by atoms with Crippen LogP contribution in [0.5, 0.6) is 5.75 Å². The molecule has 3 nitrogen and oxygen atoms in total. The summed E-state index contributed by atoms with van der Waals surface area (Å²) in [6.45, 7) is 8.97. The van der Waals surface area contributed by atoms with E-state index in [4.69, 9.17) is 14.2 Å². The van der Waals surface area contributed by atoms with Crippen LogP contribution in [-0.4, -0.2) is 27.1 Å². The summed E-state index contributed by atoms with van der Waals surface area (Å²) in [5.74, 6) is 0.904. The fourth-order valence-corrected chi connectivity index (χ4v) is 1.76. The Morgan fingerprint density at radius 1 is 1.11 bits per heavy atom. The third kappa shape index (κ3) is 4.00. The molecule has 102 valence electrons. The summed E-state index contributed by atoms with van der Waals surface area (Å²) >= 11 is 0. The van der Waals surface area contributed by atoms with Crippen molar-refractivity contribution in [2.24, 2.45) is 0 Å². The molecule has 18 heavy (non-hydrogen) atoms. The Labute approximate surface area is 110 Å². The summed E-state index contributed by atoms with van der Waals surface area (Å²) < 4.78 is 16.1. The topological polar surface area (TPSA) is 27.7 Å². The first kappa shape index (κ1) is 15.0. The zero-order valence-electron chi connectivity index (χ0n) is 12.2. The van der Waals surface area contributed by atoms with Crippen molar-refractivity contribution in [1.29, 1.82) is 0 Å². The van der Waals surface area contributed by atoms with E-state index in [2.05, 4.69) is 45.9 Å².